The highest BCUT2D eigenvalue weighted by molar-refractivity contribution is 7.18. The molecule has 8 heteroatoms. The predicted molar refractivity (Wildman–Crippen MR) is 140 cm³/mol. The van der Waals surface area contributed by atoms with E-state index < -0.39 is 11.3 Å². The van der Waals surface area contributed by atoms with Crippen LogP contribution in [0, 0.1) is 11.3 Å². The molecule has 7 nitrogen and oxygen atoms in total. The maximum Gasteiger partial charge on any atom is 0.332 e. The highest BCUT2D eigenvalue weighted by Gasteiger charge is 2.32. The van der Waals surface area contributed by atoms with Crippen LogP contribution in [0.1, 0.15) is 35.8 Å². The van der Waals surface area contributed by atoms with Gasteiger partial charge in [-0.1, -0.05) is 49.4 Å². The van der Waals surface area contributed by atoms with Gasteiger partial charge in [-0.25, -0.2) is 4.79 Å². The van der Waals surface area contributed by atoms with Gasteiger partial charge in [0.1, 0.15) is 4.83 Å². The first-order chi connectivity index (χ1) is 17.4. The van der Waals surface area contributed by atoms with Crippen LogP contribution in [-0.2, 0) is 24.2 Å². The Labute approximate surface area is 212 Å². The van der Waals surface area contributed by atoms with Gasteiger partial charge in [0, 0.05) is 30.9 Å². The molecule has 0 bridgehead atoms. The quantitative estimate of drug-likeness (QED) is 0.432. The summed E-state index contributed by atoms with van der Waals surface area (Å²) < 4.78 is 8.20. The van der Waals surface area contributed by atoms with Crippen LogP contribution < -0.4 is 11.2 Å². The lowest BCUT2D eigenvalue weighted by molar-refractivity contribution is -0.0739. The number of hydrogen-bond donors (Lipinski definition) is 1. The standard InChI is InChI=1S/C28H27N3O4S/c1-2-22-15-24-25(32)31(18-28(34)11-13-35-14-12-28)27(33)30(26(24)36-22)17-19-7-9-20(10-8-19)23-6-4-3-5-21(23)16-29/h3-10,15,34H,2,11-14,17-18H2,1H3. The highest BCUT2D eigenvalue weighted by atomic mass is 32.1. The van der Waals surface area contributed by atoms with Crippen LogP contribution in [0.5, 0.6) is 0 Å². The van der Waals surface area contributed by atoms with Crippen molar-refractivity contribution in [2.75, 3.05) is 13.2 Å². The Hall–Kier alpha value is -3.51. The lowest BCUT2D eigenvalue weighted by Gasteiger charge is -2.32. The number of aromatic nitrogens is 2. The van der Waals surface area contributed by atoms with Crippen molar-refractivity contribution in [1.82, 2.24) is 9.13 Å². The van der Waals surface area contributed by atoms with Crippen LogP contribution in [0.4, 0.5) is 0 Å². The number of rotatable bonds is 6. The van der Waals surface area contributed by atoms with Gasteiger partial charge in [0.25, 0.3) is 5.56 Å². The Morgan fingerprint density at radius 3 is 2.50 bits per heavy atom. The monoisotopic (exact) mass is 501 g/mol. The third-order valence-corrected chi connectivity index (χ3v) is 8.13. The number of hydrogen-bond acceptors (Lipinski definition) is 6. The molecule has 0 amide bonds. The molecule has 1 saturated heterocycles. The zero-order chi connectivity index (χ0) is 25.3. The van der Waals surface area contributed by atoms with E-state index in [1.807, 2.05) is 55.5 Å². The molecule has 0 spiro atoms. The highest BCUT2D eigenvalue weighted by Crippen LogP contribution is 2.27. The number of benzene rings is 2. The van der Waals surface area contributed by atoms with Gasteiger partial charge in [0.05, 0.1) is 35.7 Å². The SMILES string of the molecule is CCc1cc2c(=O)n(CC3(O)CCOCC3)c(=O)n(Cc3ccc(-c4ccccc4C#N)cc3)c2s1. The van der Waals surface area contributed by atoms with Crippen molar-refractivity contribution in [3.63, 3.8) is 0 Å². The number of nitrogens with zero attached hydrogens (tertiary/aromatic N) is 3. The van der Waals surface area contributed by atoms with Gasteiger partial charge in [-0.05, 0) is 35.2 Å². The van der Waals surface area contributed by atoms with Crippen LogP contribution in [0.3, 0.4) is 0 Å². The van der Waals surface area contributed by atoms with Gasteiger partial charge in [-0.2, -0.15) is 5.26 Å². The Morgan fingerprint density at radius 2 is 1.81 bits per heavy atom. The number of ether oxygens (including phenoxy) is 1. The second kappa shape index (κ2) is 9.86. The maximum absolute atomic E-state index is 13.6. The molecule has 4 aromatic rings. The molecule has 1 N–H and O–H groups in total. The number of thiophene rings is 1. The first-order valence-electron chi connectivity index (χ1n) is 12.1. The van der Waals surface area contributed by atoms with Crippen LogP contribution in [0.15, 0.2) is 64.2 Å². The number of aryl methyl sites for hydroxylation is 1. The Kier molecular flexibility index (Phi) is 6.63. The predicted octanol–water partition coefficient (Wildman–Crippen LogP) is 3.92. The number of fused-ring (bicyclic) bond motifs is 1. The summed E-state index contributed by atoms with van der Waals surface area (Å²) >= 11 is 1.46. The van der Waals surface area contributed by atoms with Crippen LogP contribution in [-0.4, -0.2) is 33.1 Å². The lowest BCUT2D eigenvalue weighted by Crippen LogP contribution is -2.48. The van der Waals surface area contributed by atoms with E-state index in [1.165, 1.54) is 15.9 Å². The smallest absolute Gasteiger partial charge is 0.332 e. The Bertz CT molecular complexity index is 1570. The van der Waals surface area contributed by atoms with E-state index >= 15 is 0 Å². The average molecular weight is 502 g/mol. The molecule has 0 radical (unpaired) electrons. The van der Waals surface area contributed by atoms with Gasteiger partial charge in [-0.3, -0.25) is 13.9 Å². The fourth-order valence-corrected chi connectivity index (χ4v) is 5.79. The summed E-state index contributed by atoms with van der Waals surface area (Å²) in [4.78, 5) is 28.7. The first kappa shape index (κ1) is 24.2. The summed E-state index contributed by atoms with van der Waals surface area (Å²) in [6.45, 7) is 3.07. The minimum Gasteiger partial charge on any atom is -0.388 e. The normalized spacial score (nSPS) is 15.1. The third kappa shape index (κ3) is 4.53. The van der Waals surface area contributed by atoms with Crippen molar-refractivity contribution in [2.24, 2.45) is 0 Å². The molecule has 0 atom stereocenters. The molecule has 36 heavy (non-hydrogen) atoms. The molecular formula is C28H27N3O4S. The molecule has 5 rings (SSSR count). The first-order valence-corrected chi connectivity index (χ1v) is 12.9. The summed E-state index contributed by atoms with van der Waals surface area (Å²) in [5.41, 5.74) is 1.36. The van der Waals surface area contributed by atoms with E-state index in [4.69, 9.17) is 4.74 Å². The van der Waals surface area contributed by atoms with Crippen molar-refractivity contribution >= 4 is 21.6 Å². The Morgan fingerprint density at radius 1 is 1.08 bits per heavy atom. The third-order valence-electron chi connectivity index (χ3n) is 6.82. The molecule has 0 saturated carbocycles. The molecule has 184 valence electrons. The van der Waals surface area contributed by atoms with Gasteiger partial charge in [-0.15, -0.1) is 11.3 Å². The molecule has 2 aromatic heterocycles. The van der Waals surface area contributed by atoms with E-state index in [1.54, 1.807) is 10.6 Å². The molecule has 1 aliphatic rings. The van der Waals surface area contributed by atoms with Crippen molar-refractivity contribution in [3.05, 3.63) is 91.4 Å². The molecule has 1 aliphatic heterocycles. The average Bonchev–Trinajstić information content (AvgIpc) is 3.35. The van der Waals surface area contributed by atoms with E-state index in [0.29, 0.717) is 48.4 Å². The minimum absolute atomic E-state index is 0.0504. The fourth-order valence-electron chi connectivity index (χ4n) is 4.71. The molecule has 1 fully saturated rings. The summed E-state index contributed by atoms with van der Waals surface area (Å²) in [6, 6.07) is 19.3. The van der Waals surface area contributed by atoms with Crippen LogP contribution in [0.2, 0.25) is 0 Å². The van der Waals surface area contributed by atoms with E-state index in [9.17, 15) is 20.0 Å². The van der Waals surface area contributed by atoms with Crippen molar-refractivity contribution < 1.29 is 9.84 Å². The number of aliphatic hydroxyl groups is 1. The van der Waals surface area contributed by atoms with Gasteiger partial charge >= 0.3 is 5.69 Å². The molecule has 2 aromatic carbocycles. The number of nitriles is 1. The van der Waals surface area contributed by atoms with Crippen molar-refractivity contribution in [1.29, 1.82) is 5.26 Å². The van der Waals surface area contributed by atoms with Crippen LogP contribution >= 0.6 is 11.3 Å². The second-order valence-electron chi connectivity index (χ2n) is 9.24. The summed E-state index contributed by atoms with van der Waals surface area (Å²) in [5, 5.41) is 21.0. The zero-order valence-corrected chi connectivity index (χ0v) is 20.9. The summed E-state index contributed by atoms with van der Waals surface area (Å²) in [7, 11) is 0. The van der Waals surface area contributed by atoms with Crippen LogP contribution in [0.25, 0.3) is 21.3 Å². The molecule has 0 unspecified atom stereocenters. The van der Waals surface area contributed by atoms with Gasteiger partial charge < -0.3 is 9.84 Å². The zero-order valence-electron chi connectivity index (χ0n) is 20.1. The van der Waals surface area contributed by atoms with E-state index in [2.05, 4.69) is 6.07 Å². The largest absolute Gasteiger partial charge is 0.388 e. The topological polar surface area (TPSA) is 97.2 Å². The fraction of sp³-hybridized carbons (Fsp3) is 0.321. The minimum atomic E-state index is -1.15. The molecular weight excluding hydrogens is 474 g/mol. The summed E-state index contributed by atoms with van der Waals surface area (Å²) in [6.07, 6.45) is 1.53. The van der Waals surface area contributed by atoms with Gasteiger partial charge in [0.2, 0.25) is 0 Å². The van der Waals surface area contributed by atoms with Crippen molar-refractivity contribution in [2.45, 2.75) is 44.9 Å². The van der Waals surface area contributed by atoms with Gasteiger partial charge in [0.15, 0.2) is 0 Å². The summed E-state index contributed by atoms with van der Waals surface area (Å²) in [5.74, 6) is 0. The maximum atomic E-state index is 13.6. The lowest BCUT2D eigenvalue weighted by atomic mass is 9.94. The Balaban J connectivity index is 1.56. The van der Waals surface area contributed by atoms with E-state index in [-0.39, 0.29) is 12.1 Å². The van der Waals surface area contributed by atoms with Crippen molar-refractivity contribution in [3.8, 4) is 17.2 Å². The molecule has 3 heterocycles. The van der Waals surface area contributed by atoms with E-state index in [0.717, 1.165) is 28.0 Å². The molecule has 0 aliphatic carbocycles. The second-order valence-corrected chi connectivity index (χ2v) is 10.4.